The summed E-state index contributed by atoms with van der Waals surface area (Å²) < 4.78 is 5.55. The molecular weight excluding hydrogens is 234 g/mol. The molecule has 0 amide bonds. The van der Waals surface area contributed by atoms with Crippen LogP contribution in [0.4, 0.5) is 0 Å². The van der Waals surface area contributed by atoms with E-state index in [2.05, 4.69) is 23.8 Å². The lowest BCUT2D eigenvalue weighted by Crippen LogP contribution is -2.15. The number of thiocarbonyl (C=S) groups is 1. The molecule has 0 saturated heterocycles. The molecule has 0 spiro atoms. The number of aromatic nitrogens is 2. The van der Waals surface area contributed by atoms with Gasteiger partial charge in [0, 0.05) is 5.69 Å². The quantitative estimate of drug-likeness (QED) is 0.788. The van der Waals surface area contributed by atoms with Crippen LogP contribution in [0.3, 0.4) is 0 Å². The number of hydrogen-bond acceptors (Lipinski definition) is 4. The molecule has 0 aliphatic carbocycles. The predicted molar refractivity (Wildman–Crippen MR) is 72.2 cm³/mol. The number of rotatable bonds is 6. The van der Waals surface area contributed by atoms with Crippen molar-refractivity contribution in [3.05, 3.63) is 17.5 Å². The first kappa shape index (κ1) is 13.8. The summed E-state index contributed by atoms with van der Waals surface area (Å²) in [5.74, 6) is 0.498. The molecule has 0 aliphatic heterocycles. The van der Waals surface area contributed by atoms with E-state index in [4.69, 9.17) is 22.7 Å². The number of hydrogen-bond donors (Lipinski definition) is 1. The third kappa shape index (κ3) is 4.65. The number of aryl methyl sites for hydroxylation is 1. The SMILES string of the molecule is CCCC(C)COc1nc(C)cc(C(N)=S)n1. The van der Waals surface area contributed by atoms with Gasteiger partial charge in [-0.25, -0.2) is 4.98 Å². The zero-order chi connectivity index (χ0) is 12.8. The lowest BCUT2D eigenvalue weighted by Gasteiger charge is -2.11. The standard InChI is InChI=1S/C12H19N3OS/c1-4-5-8(2)7-16-12-14-9(3)6-10(15-12)11(13)17/h6,8H,4-5,7H2,1-3H3,(H2,13,17). The first-order valence-corrected chi connectivity index (χ1v) is 6.22. The minimum absolute atomic E-state index is 0.266. The molecule has 0 saturated carbocycles. The zero-order valence-corrected chi connectivity index (χ0v) is 11.4. The molecule has 0 aliphatic rings. The van der Waals surface area contributed by atoms with Crippen molar-refractivity contribution in [1.29, 1.82) is 0 Å². The van der Waals surface area contributed by atoms with Crippen molar-refractivity contribution in [2.24, 2.45) is 11.7 Å². The van der Waals surface area contributed by atoms with Gasteiger partial charge in [0.2, 0.25) is 0 Å². The van der Waals surface area contributed by atoms with Crippen LogP contribution in [-0.2, 0) is 0 Å². The summed E-state index contributed by atoms with van der Waals surface area (Å²) in [6.07, 6.45) is 2.28. The van der Waals surface area contributed by atoms with Gasteiger partial charge in [0.15, 0.2) is 0 Å². The van der Waals surface area contributed by atoms with Gasteiger partial charge in [-0.2, -0.15) is 4.98 Å². The van der Waals surface area contributed by atoms with E-state index in [0.717, 1.165) is 18.5 Å². The van der Waals surface area contributed by atoms with Crippen LogP contribution < -0.4 is 10.5 Å². The zero-order valence-electron chi connectivity index (χ0n) is 10.6. The van der Waals surface area contributed by atoms with E-state index in [9.17, 15) is 0 Å². The van der Waals surface area contributed by atoms with Gasteiger partial charge in [0.05, 0.1) is 6.61 Å². The molecule has 0 bridgehead atoms. The van der Waals surface area contributed by atoms with Crippen molar-refractivity contribution < 1.29 is 4.74 Å². The number of ether oxygens (including phenoxy) is 1. The van der Waals surface area contributed by atoms with Gasteiger partial charge < -0.3 is 10.5 Å². The summed E-state index contributed by atoms with van der Waals surface area (Å²) in [5.41, 5.74) is 6.91. The topological polar surface area (TPSA) is 61.0 Å². The second-order valence-electron chi connectivity index (χ2n) is 4.25. The Kier molecular flexibility index (Phi) is 5.28. The van der Waals surface area contributed by atoms with E-state index < -0.39 is 0 Å². The predicted octanol–water partition coefficient (Wildman–Crippen LogP) is 2.23. The minimum Gasteiger partial charge on any atom is -0.463 e. The summed E-state index contributed by atoms with van der Waals surface area (Å²) >= 11 is 4.89. The molecule has 17 heavy (non-hydrogen) atoms. The maximum absolute atomic E-state index is 5.55. The molecule has 1 unspecified atom stereocenters. The van der Waals surface area contributed by atoms with Crippen molar-refractivity contribution in [1.82, 2.24) is 9.97 Å². The Bertz CT molecular complexity index is 395. The van der Waals surface area contributed by atoms with Gasteiger partial charge in [-0.05, 0) is 25.3 Å². The summed E-state index contributed by atoms with van der Waals surface area (Å²) in [6, 6.07) is 2.11. The van der Waals surface area contributed by atoms with Gasteiger partial charge in [-0.15, -0.1) is 0 Å². The second-order valence-corrected chi connectivity index (χ2v) is 4.69. The van der Waals surface area contributed by atoms with E-state index in [0.29, 0.717) is 24.2 Å². The molecule has 1 aromatic heterocycles. The van der Waals surface area contributed by atoms with Crippen LogP contribution in [0, 0.1) is 12.8 Å². The van der Waals surface area contributed by atoms with Crippen LogP contribution in [-0.4, -0.2) is 21.6 Å². The Hall–Kier alpha value is -1.23. The maximum Gasteiger partial charge on any atom is 0.317 e. The number of nitrogens with zero attached hydrogens (tertiary/aromatic N) is 2. The summed E-state index contributed by atoms with van der Waals surface area (Å²) in [4.78, 5) is 8.63. The van der Waals surface area contributed by atoms with E-state index in [1.54, 1.807) is 6.07 Å². The highest BCUT2D eigenvalue weighted by Crippen LogP contribution is 2.10. The largest absolute Gasteiger partial charge is 0.463 e. The molecule has 1 rings (SSSR count). The highest BCUT2D eigenvalue weighted by atomic mass is 32.1. The third-order valence-electron chi connectivity index (χ3n) is 2.36. The molecule has 0 radical (unpaired) electrons. The molecule has 1 heterocycles. The van der Waals surface area contributed by atoms with Gasteiger partial charge >= 0.3 is 6.01 Å². The van der Waals surface area contributed by atoms with E-state index in [1.807, 2.05) is 6.92 Å². The van der Waals surface area contributed by atoms with E-state index in [-0.39, 0.29) is 4.99 Å². The molecule has 4 nitrogen and oxygen atoms in total. The Morgan fingerprint density at radius 3 is 2.82 bits per heavy atom. The van der Waals surface area contributed by atoms with Crippen LogP contribution >= 0.6 is 12.2 Å². The van der Waals surface area contributed by atoms with Crippen LogP contribution in [0.1, 0.15) is 38.1 Å². The van der Waals surface area contributed by atoms with Crippen molar-refractivity contribution in [3.8, 4) is 6.01 Å². The van der Waals surface area contributed by atoms with Crippen molar-refractivity contribution in [2.75, 3.05) is 6.61 Å². The molecule has 1 atom stereocenters. The van der Waals surface area contributed by atoms with E-state index >= 15 is 0 Å². The Morgan fingerprint density at radius 1 is 1.53 bits per heavy atom. The van der Waals surface area contributed by atoms with E-state index in [1.165, 1.54) is 0 Å². The van der Waals surface area contributed by atoms with Gasteiger partial charge in [-0.3, -0.25) is 0 Å². The highest BCUT2D eigenvalue weighted by Gasteiger charge is 2.07. The Morgan fingerprint density at radius 2 is 2.24 bits per heavy atom. The fraction of sp³-hybridized carbons (Fsp3) is 0.583. The highest BCUT2D eigenvalue weighted by molar-refractivity contribution is 7.80. The van der Waals surface area contributed by atoms with Crippen molar-refractivity contribution >= 4 is 17.2 Å². The smallest absolute Gasteiger partial charge is 0.317 e. The molecule has 1 aromatic rings. The lowest BCUT2D eigenvalue weighted by atomic mass is 10.1. The molecule has 94 valence electrons. The van der Waals surface area contributed by atoms with Crippen molar-refractivity contribution in [2.45, 2.75) is 33.6 Å². The van der Waals surface area contributed by atoms with Crippen LogP contribution in [0.25, 0.3) is 0 Å². The fourth-order valence-corrected chi connectivity index (χ4v) is 1.63. The monoisotopic (exact) mass is 253 g/mol. The minimum atomic E-state index is 0.266. The molecule has 0 aromatic carbocycles. The third-order valence-corrected chi connectivity index (χ3v) is 2.57. The van der Waals surface area contributed by atoms with Crippen LogP contribution in [0.2, 0.25) is 0 Å². The molecular formula is C12H19N3OS. The fourth-order valence-electron chi connectivity index (χ4n) is 1.53. The van der Waals surface area contributed by atoms with Crippen LogP contribution in [0.15, 0.2) is 6.07 Å². The average molecular weight is 253 g/mol. The van der Waals surface area contributed by atoms with Gasteiger partial charge in [-0.1, -0.05) is 32.5 Å². The Balaban J connectivity index is 2.68. The normalized spacial score (nSPS) is 12.2. The first-order chi connectivity index (χ1) is 8.02. The van der Waals surface area contributed by atoms with Gasteiger partial charge in [0.25, 0.3) is 0 Å². The van der Waals surface area contributed by atoms with Crippen LogP contribution in [0.5, 0.6) is 6.01 Å². The lowest BCUT2D eigenvalue weighted by molar-refractivity contribution is 0.233. The first-order valence-electron chi connectivity index (χ1n) is 5.81. The number of nitrogens with two attached hydrogens (primary N) is 1. The second kappa shape index (κ2) is 6.49. The summed E-state index contributed by atoms with van der Waals surface area (Å²) in [7, 11) is 0. The average Bonchev–Trinajstić information content (AvgIpc) is 2.26. The van der Waals surface area contributed by atoms with Gasteiger partial charge in [0.1, 0.15) is 10.7 Å². The summed E-state index contributed by atoms with van der Waals surface area (Å²) in [5, 5.41) is 0. The van der Waals surface area contributed by atoms with Crippen molar-refractivity contribution in [3.63, 3.8) is 0 Å². The Labute approximate surface area is 108 Å². The molecule has 0 fully saturated rings. The summed E-state index contributed by atoms with van der Waals surface area (Å²) in [6.45, 7) is 6.79. The molecule has 2 N–H and O–H groups in total. The maximum atomic E-state index is 5.55. The molecule has 5 heteroatoms.